The molecule has 0 saturated carbocycles. The lowest BCUT2D eigenvalue weighted by Gasteiger charge is -2.39. The Morgan fingerprint density at radius 1 is 1.50 bits per heavy atom. The van der Waals surface area contributed by atoms with Crippen molar-refractivity contribution in [3.05, 3.63) is 18.0 Å². The normalized spacial score (nSPS) is 28.1. The molecule has 5 heteroatoms. The van der Waals surface area contributed by atoms with Crippen molar-refractivity contribution in [2.24, 2.45) is 7.05 Å². The summed E-state index contributed by atoms with van der Waals surface area (Å²) in [5.74, 6) is 0.493. The van der Waals surface area contributed by atoms with Crippen LogP contribution in [0.5, 0.6) is 0 Å². The van der Waals surface area contributed by atoms with E-state index in [1.54, 1.807) is 0 Å². The summed E-state index contributed by atoms with van der Waals surface area (Å²) in [7, 11) is 1.96. The number of rotatable bonds is 3. The number of β-amino-alcohol motifs (C(OH)–C–C–N with tert-alkyl or cyclic N) is 1. The smallest absolute Gasteiger partial charge is 0.0713 e. The fourth-order valence-corrected chi connectivity index (χ4v) is 3.57. The van der Waals surface area contributed by atoms with Gasteiger partial charge in [0, 0.05) is 38.8 Å². The number of hydrogen-bond donors (Lipinski definition) is 1. The maximum absolute atomic E-state index is 9.47. The number of aromatic nitrogens is 2. The number of nitrogens with zero attached hydrogens (tertiary/aromatic N) is 3. The van der Waals surface area contributed by atoms with Gasteiger partial charge in [-0.3, -0.25) is 4.68 Å². The van der Waals surface area contributed by atoms with Gasteiger partial charge in [0.05, 0.1) is 24.5 Å². The van der Waals surface area contributed by atoms with Gasteiger partial charge in [-0.15, -0.1) is 0 Å². The van der Waals surface area contributed by atoms with Gasteiger partial charge in [-0.25, -0.2) is 0 Å². The molecule has 1 N–H and O–H groups in total. The van der Waals surface area contributed by atoms with Gasteiger partial charge in [0.1, 0.15) is 0 Å². The van der Waals surface area contributed by atoms with E-state index in [1.807, 2.05) is 24.9 Å². The maximum Gasteiger partial charge on any atom is 0.0713 e. The SMILES string of the molecule is C[C@@H](O)CN1CCC2(CC1)C[C@H](c1cnn(C)c1)CO2. The molecule has 0 unspecified atom stereocenters. The summed E-state index contributed by atoms with van der Waals surface area (Å²) in [4.78, 5) is 2.34. The molecule has 0 bridgehead atoms. The minimum atomic E-state index is -0.239. The predicted molar refractivity (Wildman–Crippen MR) is 76.6 cm³/mol. The van der Waals surface area contributed by atoms with Crippen molar-refractivity contribution in [2.45, 2.75) is 43.8 Å². The first-order chi connectivity index (χ1) is 9.56. The highest BCUT2D eigenvalue weighted by molar-refractivity contribution is 5.15. The largest absolute Gasteiger partial charge is 0.392 e. The van der Waals surface area contributed by atoms with Crippen LogP contribution in [-0.2, 0) is 11.8 Å². The summed E-state index contributed by atoms with van der Waals surface area (Å²) in [6.07, 6.45) is 7.11. The molecule has 0 radical (unpaired) electrons. The Hall–Kier alpha value is -0.910. The highest BCUT2D eigenvalue weighted by atomic mass is 16.5. The lowest BCUT2D eigenvalue weighted by molar-refractivity contribution is -0.0485. The molecule has 1 aromatic rings. The average molecular weight is 279 g/mol. The number of aliphatic hydroxyl groups excluding tert-OH is 1. The molecule has 2 atom stereocenters. The molecule has 1 aromatic heterocycles. The van der Waals surface area contributed by atoms with E-state index >= 15 is 0 Å². The highest BCUT2D eigenvalue weighted by Gasteiger charge is 2.43. The highest BCUT2D eigenvalue weighted by Crippen LogP contribution is 2.42. The van der Waals surface area contributed by atoms with E-state index in [0.717, 1.165) is 45.5 Å². The van der Waals surface area contributed by atoms with Crippen LogP contribution in [-0.4, -0.2) is 57.7 Å². The van der Waals surface area contributed by atoms with Crippen molar-refractivity contribution in [1.82, 2.24) is 14.7 Å². The summed E-state index contributed by atoms with van der Waals surface area (Å²) in [6, 6.07) is 0. The molecule has 2 fully saturated rings. The van der Waals surface area contributed by atoms with E-state index in [9.17, 15) is 5.11 Å². The third kappa shape index (κ3) is 2.90. The molecule has 20 heavy (non-hydrogen) atoms. The second-order valence-electron chi connectivity index (χ2n) is 6.49. The average Bonchev–Trinajstić information content (AvgIpc) is 2.99. The van der Waals surface area contributed by atoms with Crippen LogP contribution in [0.4, 0.5) is 0 Å². The zero-order valence-corrected chi connectivity index (χ0v) is 12.5. The van der Waals surface area contributed by atoms with Crippen LogP contribution >= 0.6 is 0 Å². The van der Waals surface area contributed by atoms with E-state index in [0.29, 0.717) is 5.92 Å². The van der Waals surface area contributed by atoms with Crippen LogP contribution in [0.3, 0.4) is 0 Å². The van der Waals surface area contributed by atoms with Gasteiger partial charge in [-0.05, 0) is 31.7 Å². The van der Waals surface area contributed by atoms with E-state index in [4.69, 9.17) is 4.74 Å². The summed E-state index contributed by atoms with van der Waals surface area (Å²) < 4.78 is 8.05. The molecule has 0 aromatic carbocycles. The number of ether oxygens (including phenoxy) is 1. The van der Waals surface area contributed by atoms with E-state index in [-0.39, 0.29) is 11.7 Å². The zero-order chi connectivity index (χ0) is 14.2. The van der Waals surface area contributed by atoms with Gasteiger partial charge in [-0.1, -0.05) is 0 Å². The fourth-order valence-electron chi connectivity index (χ4n) is 3.57. The maximum atomic E-state index is 9.47. The lowest BCUT2D eigenvalue weighted by Crippen LogP contribution is -2.46. The quantitative estimate of drug-likeness (QED) is 0.901. The second-order valence-corrected chi connectivity index (χ2v) is 6.49. The van der Waals surface area contributed by atoms with Gasteiger partial charge in [0.2, 0.25) is 0 Å². The van der Waals surface area contributed by atoms with Crippen molar-refractivity contribution < 1.29 is 9.84 Å². The summed E-state index contributed by atoms with van der Waals surface area (Å²) in [6.45, 7) is 5.52. The monoisotopic (exact) mass is 279 g/mol. The van der Waals surface area contributed by atoms with Gasteiger partial charge in [-0.2, -0.15) is 5.10 Å². The van der Waals surface area contributed by atoms with Gasteiger partial charge < -0.3 is 14.7 Å². The van der Waals surface area contributed by atoms with Gasteiger partial charge in [0.15, 0.2) is 0 Å². The third-order valence-corrected chi connectivity index (χ3v) is 4.70. The Labute approximate surface area is 120 Å². The molecular weight excluding hydrogens is 254 g/mol. The van der Waals surface area contributed by atoms with Crippen molar-refractivity contribution in [3.63, 3.8) is 0 Å². The second kappa shape index (κ2) is 5.47. The van der Waals surface area contributed by atoms with E-state index < -0.39 is 0 Å². The first kappa shape index (κ1) is 14.0. The topological polar surface area (TPSA) is 50.5 Å². The molecule has 0 amide bonds. The number of piperidine rings is 1. The van der Waals surface area contributed by atoms with Gasteiger partial charge >= 0.3 is 0 Å². The Morgan fingerprint density at radius 2 is 2.25 bits per heavy atom. The van der Waals surface area contributed by atoms with Gasteiger partial charge in [0.25, 0.3) is 0 Å². The Morgan fingerprint density at radius 3 is 2.85 bits per heavy atom. The Balaban J connectivity index is 1.57. The number of aliphatic hydroxyl groups is 1. The number of aryl methyl sites for hydroxylation is 1. The van der Waals surface area contributed by atoms with Crippen LogP contribution in [0, 0.1) is 0 Å². The molecule has 2 saturated heterocycles. The van der Waals surface area contributed by atoms with Crippen LogP contribution in [0.25, 0.3) is 0 Å². The van der Waals surface area contributed by atoms with Crippen LogP contribution < -0.4 is 0 Å². The first-order valence-electron chi connectivity index (χ1n) is 7.59. The molecule has 2 aliphatic rings. The van der Waals surface area contributed by atoms with Crippen molar-refractivity contribution in [2.75, 3.05) is 26.2 Å². The molecular formula is C15H25N3O2. The number of likely N-dealkylation sites (tertiary alicyclic amines) is 1. The zero-order valence-electron chi connectivity index (χ0n) is 12.5. The summed E-state index contributed by atoms with van der Waals surface area (Å²) in [5.41, 5.74) is 1.37. The molecule has 112 valence electrons. The summed E-state index contributed by atoms with van der Waals surface area (Å²) in [5, 5.41) is 13.7. The molecule has 5 nitrogen and oxygen atoms in total. The van der Waals surface area contributed by atoms with Crippen molar-refractivity contribution in [1.29, 1.82) is 0 Å². The predicted octanol–water partition coefficient (Wildman–Crippen LogP) is 1.14. The van der Waals surface area contributed by atoms with E-state index in [2.05, 4.69) is 16.2 Å². The Bertz CT molecular complexity index is 450. The Kier molecular flexibility index (Phi) is 3.84. The van der Waals surface area contributed by atoms with Crippen LogP contribution in [0.1, 0.15) is 37.7 Å². The third-order valence-electron chi connectivity index (χ3n) is 4.70. The standard InChI is InChI=1S/C15H25N3O2/c1-12(19)9-18-5-3-15(4-6-18)7-13(11-20-15)14-8-16-17(2)10-14/h8,10,12-13,19H,3-7,9,11H2,1-2H3/t12-,13+/m1/s1. The fraction of sp³-hybridized carbons (Fsp3) is 0.800. The summed E-state index contributed by atoms with van der Waals surface area (Å²) >= 11 is 0. The van der Waals surface area contributed by atoms with Crippen LogP contribution in [0.2, 0.25) is 0 Å². The lowest BCUT2D eigenvalue weighted by atomic mass is 9.84. The first-order valence-corrected chi connectivity index (χ1v) is 7.59. The van der Waals surface area contributed by atoms with E-state index in [1.165, 1.54) is 5.56 Å². The van der Waals surface area contributed by atoms with Crippen LogP contribution in [0.15, 0.2) is 12.4 Å². The number of hydrogen-bond acceptors (Lipinski definition) is 4. The molecule has 3 heterocycles. The molecule has 1 spiro atoms. The minimum absolute atomic E-state index is 0.0652. The van der Waals surface area contributed by atoms with Crippen molar-refractivity contribution in [3.8, 4) is 0 Å². The molecule has 0 aliphatic carbocycles. The molecule has 3 rings (SSSR count). The molecule has 2 aliphatic heterocycles. The van der Waals surface area contributed by atoms with Crippen molar-refractivity contribution >= 4 is 0 Å². The minimum Gasteiger partial charge on any atom is -0.392 e.